The van der Waals surface area contributed by atoms with Crippen LogP contribution in [0.5, 0.6) is 0 Å². The van der Waals surface area contributed by atoms with Crippen LogP contribution >= 0.6 is 11.6 Å². The Morgan fingerprint density at radius 1 is 1.29 bits per heavy atom. The van der Waals surface area contributed by atoms with Gasteiger partial charge in [0.15, 0.2) is 5.82 Å². The molecule has 2 heterocycles. The van der Waals surface area contributed by atoms with Gasteiger partial charge in [-0.05, 0) is 13.8 Å². The molecule has 5 heteroatoms. The number of imidazole rings is 1. The third-order valence-electron chi connectivity index (χ3n) is 1.80. The van der Waals surface area contributed by atoms with Crippen molar-refractivity contribution in [2.24, 2.45) is 0 Å². The minimum absolute atomic E-state index is 0.521. The van der Waals surface area contributed by atoms with Crippen molar-refractivity contribution >= 4 is 11.6 Å². The number of aryl methyl sites for hydroxylation is 2. The summed E-state index contributed by atoms with van der Waals surface area (Å²) in [5, 5.41) is 0.521. The van der Waals surface area contributed by atoms with E-state index in [0.29, 0.717) is 16.7 Å². The Morgan fingerprint density at radius 2 is 2.07 bits per heavy atom. The normalized spacial score (nSPS) is 10.5. The van der Waals surface area contributed by atoms with Crippen LogP contribution in [0.1, 0.15) is 11.5 Å². The molecule has 4 nitrogen and oxygen atoms in total. The quantitative estimate of drug-likeness (QED) is 0.719. The minimum Gasteiger partial charge on any atom is -0.289 e. The molecule has 0 aliphatic carbocycles. The Hall–Kier alpha value is -1.42. The number of halogens is 1. The predicted molar refractivity (Wildman–Crippen MR) is 53.6 cm³/mol. The van der Waals surface area contributed by atoms with Crippen molar-refractivity contribution in [3.8, 4) is 5.82 Å². The van der Waals surface area contributed by atoms with Crippen LogP contribution < -0.4 is 0 Å². The van der Waals surface area contributed by atoms with Crippen molar-refractivity contribution in [3.63, 3.8) is 0 Å². The van der Waals surface area contributed by atoms with Gasteiger partial charge in [-0.25, -0.2) is 15.0 Å². The highest BCUT2D eigenvalue weighted by Gasteiger charge is 2.05. The molecule has 0 N–H and O–H groups in total. The highest BCUT2D eigenvalue weighted by Crippen LogP contribution is 2.16. The molecule has 0 atom stereocenters. The van der Waals surface area contributed by atoms with Crippen LogP contribution in [0.2, 0.25) is 5.02 Å². The summed E-state index contributed by atoms with van der Waals surface area (Å²) < 4.78 is 1.78. The fourth-order valence-electron chi connectivity index (χ4n) is 1.16. The van der Waals surface area contributed by atoms with E-state index < -0.39 is 0 Å². The molecule has 0 spiro atoms. The Bertz CT molecular complexity index is 464. The van der Waals surface area contributed by atoms with Crippen molar-refractivity contribution < 1.29 is 0 Å². The van der Waals surface area contributed by atoms with Gasteiger partial charge < -0.3 is 0 Å². The van der Waals surface area contributed by atoms with Crippen LogP contribution in [0, 0.1) is 13.8 Å². The molecular weight excluding hydrogens is 200 g/mol. The molecule has 0 saturated heterocycles. The summed E-state index contributed by atoms with van der Waals surface area (Å²) in [4.78, 5) is 12.3. The number of hydrogen-bond acceptors (Lipinski definition) is 3. The maximum atomic E-state index is 5.97. The second kappa shape index (κ2) is 3.38. The summed E-state index contributed by atoms with van der Waals surface area (Å²) in [5.74, 6) is 1.36. The summed E-state index contributed by atoms with van der Waals surface area (Å²) in [5.41, 5.74) is 0.928. The van der Waals surface area contributed by atoms with E-state index in [1.807, 2.05) is 20.0 Å². The van der Waals surface area contributed by atoms with E-state index in [1.54, 1.807) is 17.1 Å². The monoisotopic (exact) mass is 208 g/mol. The fraction of sp³-hybridized carbons (Fsp3) is 0.222. The van der Waals surface area contributed by atoms with Crippen LogP contribution in [-0.2, 0) is 0 Å². The molecule has 2 rings (SSSR count). The van der Waals surface area contributed by atoms with Crippen LogP contribution in [0.3, 0.4) is 0 Å². The van der Waals surface area contributed by atoms with Gasteiger partial charge in [0, 0.05) is 6.20 Å². The van der Waals surface area contributed by atoms with Crippen molar-refractivity contribution in [1.82, 2.24) is 19.5 Å². The zero-order valence-corrected chi connectivity index (χ0v) is 8.65. The van der Waals surface area contributed by atoms with E-state index in [0.717, 1.165) is 5.69 Å². The second-order valence-electron chi connectivity index (χ2n) is 3.01. The zero-order valence-electron chi connectivity index (χ0n) is 7.90. The van der Waals surface area contributed by atoms with Crippen LogP contribution in [-0.4, -0.2) is 19.5 Å². The van der Waals surface area contributed by atoms with Crippen molar-refractivity contribution in [2.75, 3.05) is 0 Å². The first-order valence-corrected chi connectivity index (χ1v) is 4.55. The molecular formula is C9H9ClN4. The van der Waals surface area contributed by atoms with E-state index >= 15 is 0 Å². The molecule has 0 fully saturated rings. The molecule has 0 saturated carbocycles. The molecule has 0 aliphatic heterocycles. The molecule has 2 aromatic heterocycles. The van der Waals surface area contributed by atoms with Crippen LogP contribution in [0.25, 0.3) is 5.82 Å². The first kappa shape index (κ1) is 9.15. The topological polar surface area (TPSA) is 43.6 Å². The molecule has 0 aromatic carbocycles. The van der Waals surface area contributed by atoms with E-state index in [-0.39, 0.29) is 0 Å². The van der Waals surface area contributed by atoms with Gasteiger partial charge in [0.1, 0.15) is 17.2 Å². The van der Waals surface area contributed by atoms with Gasteiger partial charge in [-0.1, -0.05) is 11.6 Å². The smallest absolute Gasteiger partial charge is 0.160 e. The molecule has 0 bridgehead atoms. The Balaban J connectivity index is 2.55. The maximum absolute atomic E-state index is 5.97. The van der Waals surface area contributed by atoms with E-state index in [9.17, 15) is 0 Å². The number of hydrogen-bond donors (Lipinski definition) is 0. The molecule has 2 aromatic rings. The second-order valence-corrected chi connectivity index (χ2v) is 3.42. The largest absolute Gasteiger partial charge is 0.289 e. The number of aromatic nitrogens is 4. The summed E-state index contributed by atoms with van der Waals surface area (Å²) >= 11 is 5.97. The summed E-state index contributed by atoms with van der Waals surface area (Å²) in [6, 6.07) is 0. The standard InChI is InChI=1S/C9H9ClN4/c1-6-4-14(5-12-6)9-8(10)3-11-7(2)13-9/h3-5H,1-2H3. The lowest BCUT2D eigenvalue weighted by atomic mass is 10.5. The minimum atomic E-state index is 0.521. The number of nitrogens with zero attached hydrogens (tertiary/aromatic N) is 4. The molecule has 72 valence electrons. The molecule has 0 amide bonds. The van der Waals surface area contributed by atoms with Gasteiger partial charge in [0.05, 0.1) is 11.9 Å². The number of rotatable bonds is 1. The van der Waals surface area contributed by atoms with Gasteiger partial charge in [-0.15, -0.1) is 0 Å². The maximum Gasteiger partial charge on any atom is 0.160 e. The van der Waals surface area contributed by atoms with Crippen molar-refractivity contribution in [1.29, 1.82) is 0 Å². The fourth-order valence-corrected chi connectivity index (χ4v) is 1.35. The summed E-state index contributed by atoms with van der Waals surface area (Å²) in [6.07, 6.45) is 5.14. The van der Waals surface area contributed by atoms with Crippen molar-refractivity contribution in [3.05, 3.63) is 35.3 Å². The first-order valence-electron chi connectivity index (χ1n) is 4.17. The average molecular weight is 209 g/mol. The van der Waals surface area contributed by atoms with Gasteiger partial charge in [0.25, 0.3) is 0 Å². The van der Waals surface area contributed by atoms with Crippen LogP contribution in [0.15, 0.2) is 18.7 Å². The third-order valence-corrected chi connectivity index (χ3v) is 2.07. The van der Waals surface area contributed by atoms with Gasteiger partial charge in [0.2, 0.25) is 0 Å². The van der Waals surface area contributed by atoms with E-state index in [4.69, 9.17) is 11.6 Å². The van der Waals surface area contributed by atoms with Crippen molar-refractivity contribution in [2.45, 2.75) is 13.8 Å². The highest BCUT2D eigenvalue weighted by atomic mass is 35.5. The van der Waals surface area contributed by atoms with E-state index in [1.165, 1.54) is 0 Å². The third kappa shape index (κ3) is 1.61. The summed E-state index contributed by atoms with van der Waals surface area (Å²) in [7, 11) is 0. The van der Waals surface area contributed by atoms with E-state index in [2.05, 4.69) is 15.0 Å². The van der Waals surface area contributed by atoms with Gasteiger partial charge >= 0.3 is 0 Å². The summed E-state index contributed by atoms with van der Waals surface area (Å²) in [6.45, 7) is 3.74. The SMILES string of the molecule is Cc1cn(-c2nc(C)ncc2Cl)cn1. The molecule has 0 radical (unpaired) electrons. The van der Waals surface area contributed by atoms with Gasteiger partial charge in [-0.3, -0.25) is 4.57 Å². The Labute approximate surface area is 86.6 Å². The lowest BCUT2D eigenvalue weighted by Gasteiger charge is -2.03. The molecule has 0 aliphatic rings. The lowest BCUT2D eigenvalue weighted by molar-refractivity contribution is 0.937. The Morgan fingerprint density at radius 3 is 2.71 bits per heavy atom. The lowest BCUT2D eigenvalue weighted by Crippen LogP contribution is -1.99. The average Bonchev–Trinajstić information content (AvgIpc) is 2.56. The van der Waals surface area contributed by atoms with Gasteiger partial charge in [-0.2, -0.15) is 0 Å². The first-order chi connectivity index (χ1) is 6.66. The molecule has 0 unspecified atom stereocenters. The zero-order chi connectivity index (χ0) is 10.1. The molecule has 14 heavy (non-hydrogen) atoms. The Kier molecular flexibility index (Phi) is 2.21. The predicted octanol–water partition coefficient (Wildman–Crippen LogP) is 1.93. The highest BCUT2D eigenvalue weighted by molar-refractivity contribution is 6.32. The van der Waals surface area contributed by atoms with Crippen LogP contribution in [0.4, 0.5) is 0 Å².